The largest absolute Gasteiger partial charge is 0.497 e. The average Bonchev–Trinajstić information content (AvgIpc) is 3.27. The molecule has 0 fully saturated rings. The van der Waals surface area contributed by atoms with Gasteiger partial charge >= 0.3 is 0 Å². The Balaban J connectivity index is 1.69. The number of aromatic nitrogens is 3. The minimum atomic E-state index is -0.279. The summed E-state index contributed by atoms with van der Waals surface area (Å²) in [6, 6.07) is 11.1. The van der Waals surface area contributed by atoms with Crippen molar-refractivity contribution in [1.82, 2.24) is 14.8 Å². The van der Waals surface area contributed by atoms with Gasteiger partial charge in [0.1, 0.15) is 11.6 Å². The number of aryl methyl sites for hydroxylation is 1. The molecule has 1 aliphatic heterocycles. The number of carbonyl (C=O) groups excluding carboxylic acids is 1. The third kappa shape index (κ3) is 3.05. The molecular formula is C21H16Cl2N4O2S. The highest BCUT2D eigenvalue weighted by Gasteiger charge is 2.35. The van der Waals surface area contributed by atoms with Crippen LogP contribution in [-0.2, 0) is 4.79 Å². The summed E-state index contributed by atoms with van der Waals surface area (Å²) in [6.07, 6.45) is 0.250. The molecule has 0 unspecified atom stereocenters. The number of thiazole rings is 1. The van der Waals surface area contributed by atoms with Gasteiger partial charge in [-0.15, -0.1) is 0 Å². The number of carbonyl (C=O) groups is 1. The van der Waals surface area contributed by atoms with Crippen LogP contribution in [-0.4, -0.2) is 27.8 Å². The van der Waals surface area contributed by atoms with E-state index in [1.807, 2.05) is 25.1 Å². The zero-order chi connectivity index (χ0) is 21.0. The van der Waals surface area contributed by atoms with Crippen molar-refractivity contribution in [3.8, 4) is 10.9 Å². The molecule has 3 heterocycles. The minimum Gasteiger partial charge on any atom is -0.497 e. The molecule has 4 aromatic rings. The van der Waals surface area contributed by atoms with Crippen LogP contribution in [0.3, 0.4) is 0 Å². The molecule has 6 nitrogen and oxygen atoms in total. The molecule has 2 aromatic carbocycles. The fraction of sp³-hybridized carbons (Fsp3) is 0.190. The summed E-state index contributed by atoms with van der Waals surface area (Å²) in [6.45, 7) is 1.92. The Kier molecular flexibility index (Phi) is 4.69. The van der Waals surface area contributed by atoms with Crippen molar-refractivity contribution in [2.75, 3.05) is 12.4 Å². The maximum Gasteiger partial charge on any atom is 0.226 e. The number of hydrogen-bond acceptors (Lipinski definition) is 5. The van der Waals surface area contributed by atoms with Gasteiger partial charge in [0.05, 0.1) is 23.0 Å². The van der Waals surface area contributed by atoms with Gasteiger partial charge in [0.15, 0.2) is 0 Å². The van der Waals surface area contributed by atoms with E-state index in [9.17, 15) is 4.79 Å². The number of anilines is 1. The summed E-state index contributed by atoms with van der Waals surface area (Å²) in [4.78, 5) is 17.3. The second kappa shape index (κ2) is 7.27. The first-order valence-electron chi connectivity index (χ1n) is 9.24. The molecule has 1 atom stereocenters. The monoisotopic (exact) mass is 458 g/mol. The van der Waals surface area contributed by atoms with Crippen LogP contribution in [0, 0.1) is 6.92 Å². The predicted octanol–water partition coefficient (Wildman–Crippen LogP) is 5.58. The van der Waals surface area contributed by atoms with E-state index >= 15 is 0 Å². The van der Waals surface area contributed by atoms with Crippen molar-refractivity contribution >= 4 is 56.5 Å². The van der Waals surface area contributed by atoms with Gasteiger partial charge in [-0.25, -0.2) is 4.98 Å². The predicted molar refractivity (Wildman–Crippen MR) is 120 cm³/mol. The van der Waals surface area contributed by atoms with Crippen LogP contribution in [0.1, 0.15) is 29.2 Å². The molecule has 0 spiro atoms. The normalized spacial score (nSPS) is 15.9. The van der Waals surface area contributed by atoms with Crippen molar-refractivity contribution in [2.24, 2.45) is 0 Å². The van der Waals surface area contributed by atoms with Crippen molar-refractivity contribution in [1.29, 1.82) is 0 Å². The van der Waals surface area contributed by atoms with E-state index in [1.54, 1.807) is 30.0 Å². The maximum absolute atomic E-state index is 12.6. The molecule has 30 heavy (non-hydrogen) atoms. The van der Waals surface area contributed by atoms with Gasteiger partial charge in [0.25, 0.3) is 0 Å². The zero-order valence-electron chi connectivity index (χ0n) is 16.1. The summed E-state index contributed by atoms with van der Waals surface area (Å²) in [5.74, 6) is 0.972. The molecule has 1 aliphatic rings. The van der Waals surface area contributed by atoms with Gasteiger partial charge in [0, 0.05) is 27.9 Å². The molecule has 1 N–H and O–H groups in total. The van der Waals surface area contributed by atoms with Crippen LogP contribution in [0.5, 0.6) is 5.75 Å². The third-order valence-electron chi connectivity index (χ3n) is 5.22. The molecule has 0 saturated carbocycles. The number of halogens is 2. The highest BCUT2D eigenvalue weighted by atomic mass is 35.5. The molecule has 0 saturated heterocycles. The van der Waals surface area contributed by atoms with E-state index < -0.39 is 0 Å². The number of nitrogens with one attached hydrogen (secondary N) is 1. The van der Waals surface area contributed by atoms with E-state index in [0.717, 1.165) is 32.8 Å². The van der Waals surface area contributed by atoms with E-state index in [1.165, 1.54) is 11.3 Å². The Morgan fingerprint density at radius 3 is 2.70 bits per heavy atom. The minimum absolute atomic E-state index is 0.118. The van der Waals surface area contributed by atoms with Crippen LogP contribution in [0.2, 0.25) is 10.0 Å². The van der Waals surface area contributed by atoms with Crippen molar-refractivity contribution in [3.63, 3.8) is 0 Å². The average molecular weight is 459 g/mol. The topological polar surface area (TPSA) is 69.0 Å². The highest BCUT2D eigenvalue weighted by Crippen LogP contribution is 2.45. The summed E-state index contributed by atoms with van der Waals surface area (Å²) < 4.78 is 7.97. The molecule has 152 valence electrons. The molecule has 2 aromatic heterocycles. The Bertz CT molecular complexity index is 1290. The Labute approximate surface area is 186 Å². The van der Waals surface area contributed by atoms with Gasteiger partial charge in [-0.05, 0) is 42.8 Å². The zero-order valence-corrected chi connectivity index (χ0v) is 18.4. The summed E-state index contributed by atoms with van der Waals surface area (Å²) >= 11 is 14.4. The van der Waals surface area contributed by atoms with Crippen molar-refractivity contribution in [3.05, 3.63) is 63.3 Å². The molecule has 0 bridgehead atoms. The lowest BCUT2D eigenvalue weighted by molar-refractivity contribution is -0.116. The van der Waals surface area contributed by atoms with Crippen LogP contribution < -0.4 is 10.1 Å². The van der Waals surface area contributed by atoms with Crippen molar-refractivity contribution < 1.29 is 9.53 Å². The third-order valence-corrected chi connectivity index (χ3v) is 6.87. The highest BCUT2D eigenvalue weighted by molar-refractivity contribution is 7.20. The first-order chi connectivity index (χ1) is 14.5. The van der Waals surface area contributed by atoms with Gasteiger partial charge in [-0.1, -0.05) is 40.6 Å². The Morgan fingerprint density at radius 2 is 1.97 bits per heavy atom. The number of ether oxygens (including phenoxy) is 1. The first kappa shape index (κ1) is 19.4. The second-order valence-corrected chi connectivity index (χ2v) is 8.85. The number of amides is 1. The smallest absolute Gasteiger partial charge is 0.226 e. The number of hydrogen-bond donors (Lipinski definition) is 1. The molecule has 5 rings (SSSR count). The van der Waals surface area contributed by atoms with E-state index in [-0.39, 0.29) is 18.2 Å². The molecule has 0 radical (unpaired) electrons. The van der Waals surface area contributed by atoms with Gasteiger partial charge in [-0.2, -0.15) is 9.78 Å². The number of methoxy groups -OCH3 is 1. The Hall–Kier alpha value is -2.61. The van der Waals surface area contributed by atoms with Crippen LogP contribution >= 0.6 is 34.5 Å². The van der Waals surface area contributed by atoms with E-state index in [4.69, 9.17) is 38.0 Å². The quantitative estimate of drug-likeness (QED) is 0.434. The SMILES string of the molecule is COc1ccc2nc(-n3nc(C)c4c3NC(=O)C[C@@H]4c3c(Cl)cccc3Cl)sc2c1. The lowest BCUT2D eigenvalue weighted by Crippen LogP contribution is -2.25. The lowest BCUT2D eigenvalue weighted by Gasteiger charge is -2.25. The molecule has 0 aliphatic carbocycles. The lowest BCUT2D eigenvalue weighted by atomic mass is 9.85. The van der Waals surface area contributed by atoms with Gasteiger partial charge < -0.3 is 10.1 Å². The van der Waals surface area contributed by atoms with Crippen LogP contribution in [0.25, 0.3) is 15.3 Å². The number of fused-ring (bicyclic) bond motifs is 2. The summed E-state index contributed by atoms with van der Waals surface area (Å²) in [5.41, 5.74) is 3.28. The first-order valence-corrected chi connectivity index (χ1v) is 10.8. The fourth-order valence-corrected chi connectivity index (χ4v) is 5.50. The van der Waals surface area contributed by atoms with Gasteiger partial charge in [0.2, 0.25) is 11.0 Å². The van der Waals surface area contributed by atoms with E-state index in [2.05, 4.69) is 5.32 Å². The number of rotatable bonds is 3. The molecule has 9 heteroatoms. The summed E-state index contributed by atoms with van der Waals surface area (Å²) in [5, 5.41) is 9.40. The Morgan fingerprint density at radius 1 is 1.20 bits per heavy atom. The standard InChI is InChI=1S/C21H16Cl2N4O2S/c1-10-18-12(19-13(22)4-3-5-14(19)23)9-17(28)25-20(18)27(26-10)21-24-15-7-6-11(29-2)8-16(15)30-21/h3-8,12H,9H2,1-2H3,(H,25,28)/t12-/m0/s1. The van der Waals surface area contributed by atoms with Gasteiger partial charge in [-0.3, -0.25) is 4.79 Å². The number of benzene rings is 2. The fourth-order valence-electron chi connectivity index (χ4n) is 3.89. The second-order valence-electron chi connectivity index (χ2n) is 7.03. The number of nitrogens with zero attached hydrogens (tertiary/aromatic N) is 3. The van der Waals surface area contributed by atoms with Crippen molar-refractivity contribution in [2.45, 2.75) is 19.3 Å². The van der Waals surface area contributed by atoms with Crippen LogP contribution in [0.4, 0.5) is 5.82 Å². The maximum atomic E-state index is 12.6. The van der Waals surface area contributed by atoms with E-state index in [0.29, 0.717) is 21.0 Å². The van der Waals surface area contributed by atoms with Crippen LogP contribution in [0.15, 0.2) is 36.4 Å². The summed E-state index contributed by atoms with van der Waals surface area (Å²) in [7, 11) is 1.63. The molecular weight excluding hydrogens is 443 g/mol. The molecule has 1 amide bonds.